The number of anilines is 1. The summed E-state index contributed by atoms with van der Waals surface area (Å²) in [6.45, 7) is 3.33. The lowest BCUT2D eigenvalue weighted by atomic mass is 9.87. The lowest BCUT2D eigenvalue weighted by molar-refractivity contribution is 0.556. The van der Waals surface area contributed by atoms with E-state index in [2.05, 4.69) is 37.1 Å². The molecule has 17 heavy (non-hydrogen) atoms. The molecule has 0 spiro atoms. The van der Waals surface area contributed by atoms with Gasteiger partial charge in [0.05, 0.1) is 0 Å². The molecule has 1 aromatic carbocycles. The fourth-order valence-corrected chi connectivity index (χ4v) is 3.21. The van der Waals surface area contributed by atoms with Gasteiger partial charge in [0, 0.05) is 30.7 Å². The van der Waals surface area contributed by atoms with Crippen molar-refractivity contribution in [2.24, 2.45) is 5.73 Å². The van der Waals surface area contributed by atoms with Crippen LogP contribution in [0, 0.1) is 0 Å². The van der Waals surface area contributed by atoms with E-state index < -0.39 is 0 Å². The molecule has 0 amide bonds. The maximum atomic E-state index is 6.16. The van der Waals surface area contributed by atoms with Crippen LogP contribution < -0.4 is 10.6 Å². The monoisotopic (exact) mass is 230 g/mol. The predicted molar refractivity (Wildman–Crippen MR) is 72.6 cm³/mol. The fourth-order valence-electron chi connectivity index (χ4n) is 3.21. The summed E-state index contributed by atoms with van der Waals surface area (Å²) in [5.74, 6) is 0. The summed E-state index contributed by atoms with van der Waals surface area (Å²) in [6.07, 6.45) is 5.02. The SMILES string of the molecule is CC(N)C1(c2ccc3c(c2)N(C)CCC3)CC1. The van der Waals surface area contributed by atoms with Gasteiger partial charge < -0.3 is 10.6 Å². The Morgan fingerprint density at radius 2 is 2.12 bits per heavy atom. The minimum atomic E-state index is 0.273. The number of nitrogens with two attached hydrogens (primary N) is 1. The van der Waals surface area contributed by atoms with Crippen LogP contribution in [0.2, 0.25) is 0 Å². The van der Waals surface area contributed by atoms with Gasteiger partial charge in [-0.3, -0.25) is 0 Å². The minimum absolute atomic E-state index is 0.273. The normalized spacial score (nSPS) is 23.1. The van der Waals surface area contributed by atoms with Gasteiger partial charge in [-0.15, -0.1) is 0 Å². The number of hydrogen-bond acceptors (Lipinski definition) is 2. The Labute approximate surface area is 104 Å². The highest BCUT2D eigenvalue weighted by molar-refractivity contribution is 5.58. The van der Waals surface area contributed by atoms with Gasteiger partial charge in [0.1, 0.15) is 0 Å². The van der Waals surface area contributed by atoms with E-state index in [1.807, 2.05) is 0 Å². The maximum absolute atomic E-state index is 6.16. The molecule has 3 rings (SSSR count). The van der Waals surface area contributed by atoms with Crippen molar-refractivity contribution in [1.29, 1.82) is 0 Å². The molecule has 0 bridgehead atoms. The Bertz CT molecular complexity index is 433. The van der Waals surface area contributed by atoms with Crippen molar-refractivity contribution in [3.63, 3.8) is 0 Å². The number of nitrogens with zero attached hydrogens (tertiary/aromatic N) is 1. The van der Waals surface area contributed by atoms with Gasteiger partial charge in [-0.05, 0) is 49.8 Å². The number of aryl methyl sites for hydroxylation is 1. The first-order valence-electron chi connectivity index (χ1n) is 6.74. The molecule has 0 saturated heterocycles. The maximum Gasteiger partial charge on any atom is 0.0399 e. The third-order valence-electron chi connectivity index (χ3n) is 4.67. The van der Waals surface area contributed by atoms with Crippen molar-refractivity contribution < 1.29 is 0 Å². The van der Waals surface area contributed by atoms with E-state index in [0.717, 1.165) is 0 Å². The second kappa shape index (κ2) is 3.74. The zero-order valence-electron chi connectivity index (χ0n) is 10.9. The van der Waals surface area contributed by atoms with Gasteiger partial charge in [0.2, 0.25) is 0 Å². The van der Waals surface area contributed by atoms with Crippen LogP contribution in [-0.2, 0) is 11.8 Å². The third-order valence-corrected chi connectivity index (χ3v) is 4.67. The van der Waals surface area contributed by atoms with Crippen LogP contribution in [0.25, 0.3) is 0 Å². The van der Waals surface area contributed by atoms with E-state index in [4.69, 9.17) is 5.73 Å². The van der Waals surface area contributed by atoms with Crippen LogP contribution in [0.4, 0.5) is 5.69 Å². The van der Waals surface area contributed by atoms with Crippen LogP contribution in [0.3, 0.4) is 0 Å². The van der Waals surface area contributed by atoms with E-state index in [1.54, 1.807) is 0 Å². The second-order valence-electron chi connectivity index (χ2n) is 5.81. The number of benzene rings is 1. The average molecular weight is 230 g/mol. The molecule has 1 aromatic rings. The Balaban J connectivity index is 2.01. The van der Waals surface area contributed by atoms with E-state index in [9.17, 15) is 0 Å². The first-order valence-corrected chi connectivity index (χ1v) is 6.74. The van der Waals surface area contributed by atoms with Crippen LogP contribution in [0.5, 0.6) is 0 Å². The van der Waals surface area contributed by atoms with Crippen LogP contribution in [0.1, 0.15) is 37.3 Å². The number of hydrogen-bond donors (Lipinski definition) is 1. The molecule has 2 heteroatoms. The van der Waals surface area contributed by atoms with Gasteiger partial charge in [-0.1, -0.05) is 12.1 Å². The van der Waals surface area contributed by atoms with E-state index in [1.165, 1.54) is 49.0 Å². The lowest BCUT2D eigenvalue weighted by Crippen LogP contribution is -2.32. The first-order chi connectivity index (χ1) is 8.13. The highest BCUT2D eigenvalue weighted by atomic mass is 15.1. The lowest BCUT2D eigenvalue weighted by Gasteiger charge is -2.30. The number of fused-ring (bicyclic) bond motifs is 1. The summed E-state index contributed by atoms with van der Waals surface area (Å²) in [7, 11) is 2.20. The van der Waals surface area contributed by atoms with Crippen LogP contribution in [0.15, 0.2) is 18.2 Å². The third kappa shape index (κ3) is 1.66. The summed E-state index contributed by atoms with van der Waals surface area (Å²) in [6, 6.07) is 7.30. The number of rotatable bonds is 2. The summed E-state index contributed by atoms with van der Waals surface area (Å²) >= 11 is 0. The average Bonchev–Trinajstić information content (AvgIpc) is 3.10. The van der Waals surface area contributed by atoms with Crippen molar-refractivity contribution in [3.8, 4) is 0 Å². The molecule has 2 N–H and O–H groups in total. The van der Waals surface area contributed by atoms with Gasteiger partial charge in [-0.2, -0.15) is 0 Å². The minimum Gasteiger partial charge on any atom is -0.374 e. The molecule has 1 aliphatic carbocycles. The predicted octanol–water partition coefficient (Wildman–Crippen LogP) is 2.45. The van der Waals surface area contributed by atoms with Crippen LogP contribution in [-0.4, -0.2) is 19.6 Å². The van der Waals surface area contributed by atoms with E-state index in [0.29, 0.717) is 0 Å². The molecule has 1 heterocycles. The zero-order chi connectivity index (χ0) is 12.0. The quantitative estimate of drug-likeness (QED) is 0.845. The summed E-state index contributed by atoms with van der Waals surface area (Å²) < 4.78 is 0. The highest BCUT2D eigenvalue weighted by Crippen LogP contribution is 2.51. The Morgan fingerprint density at radius 3 is 2.76 bits per heavy atom. The molecule has 1 aliphatic heterocycles. The van der Waals surface area contributed by atoms with Crippen molar-refractivity contribution in [3.05, 3.63) is 29.3 Å². The Hall–Kier alpha value is -1.02. The zero-order valence-corrected chi connectivity index (χ0v) is 10.9. The van der Waals surface area contributed by atoms with Gasteiger partial charge in [0.25, 0.3) is 0 Å². The standard InChI is InChI=1S/C15H22N2/c1-11(16)15(7-8-15)13-6-5-12-4-3-9-17(2)14(12)10-13/h5-6,10-11H,3-4,7-9,16H2,1-2H3. The summed E-state index contributed by atoms with van der Waals surface area (Å²) in [5.41, 5.74) is 10.8. The molecule has 2 aliphatic rings. The fraction of sp³-hybridized carbons (Fsp3) is 0.600. The molecular formula is C15H22N2. The largest absolute Gasteiger partial charge is 0.374 e. The molecule has 1 atom stereocenters. The second-order valence-corrected chi connectivity index (χ2v) is 5.81. The Morgan fingerprint density at radius 1 is 1.35 bits per heavy atom. The molecule has 1 saturated carbocycles. The smallest absolute Gasteiger partial charge is 0.0399 e. The van der Waals surface area contributed by atoms with Gasteiger partial charge >= 0.3 is 0 Å². The van der Waals surface area contributed by atoms with E-state index in [-0.39, 0.29) is 11.5 Å². The first kappa shape index (κ1) is 11.1. The Kier molecular flexibility index (Phi) is 2.44. The molecule has 0 radical (unpaired) electrons. The summed E-state index contributed by atoms with van der Waals surface area (Å²) in [5, 5.41) is 0. The van der Waals surface area contributed by atoms with Crippen molar-refractivity contribution in [2.45, 2.75) is 44.1 Å². The van der Waals surface area contributed by atoms with Crippen LogP contribution >= 0.6 is 0 Å². The van der Waals surface area contributed by atoms with Crippen molar-refractivity contribution >= 4 is 5.69 Å². The molecule has 2 nitrogen and oxygen atoms in total. The van der Waals surface area contributed by atoms with Gasteiger partial charge in [-0.25, -0.2) is 0 Å². The topological polar surface area (TPSA) is 29.3 Å². The molecule has 92 valence electrons. The van der Waals surface area contributed by atoms with Crippen molar-refractivity contribution in [2.75, 3.05) is 18.5 Å². The highest BCUT2D eigenvalue weighted by Gasteiger charge is 2.47. The molecule has 1 unspecified atom stereocenters. The molecule has 0 aromatic heterocycles. The summed E-state index contributed by atoms with van der Waals surface area (Å²) in [4.78, 5) is 2.39. The van der Waals surface area contributed by atoms with E-state index >= 15 is 0 Å². The molecule has 1 fully saturated rings. The van der Waals surface area contributed by atoms with Crippen molar-refractivity contribution in [1.82, 2.24) is 0 Å². The van der Waals surface area contributed by atoms with Gasteiger partial charge in [0.15, 0.2) is 0 Å². The molecular weight excluding hydrogens is 208 g/mol.